The first-order chi connectivity index (χ1) is 5.74. The van der Waals surface area contributed by atoms with E-state index in [1.54, 1.807) is 11.0 Å². The molecule has 0 fully saturated rings. The minimum absolute atomic E-state index is 0.0332. The molecule has 1 heterocycles. The number of hydrogen-bond acceptors (Lipinski definition) is 4. The van der Waals surface area contributed by atoms with E-state index in [0.717, 1.165) is 0 Å². The van der Waals surface area contributed by atoms with Gasteiger partial charge in [0.05, 0.1) is 18.7 Å². The molecule has 0 bridgehead atoms. The van der Waals surface area contributed by atoms with Crippen molar-refractivity contribution in [3.63, 3.8) is 0 Å². The topological polar surface area (TPSA) is 66.5 Å². The molecule has 0 amide bonds. The molecule has 12 heavy (non-hydrogen) atoms. The Morgan fingerprint density at radius 2 is 2.58 bits per heavy atom. The van der Waals surface area contributed by atoms with Crippen molar-refractivity contribution in [2.24, 2.45) is 7.05 Å². The van der Waals surface area contributed by atoms with E-state index in [0.29, 0.717) is 12.4 Å². The molecule has 5 nitrogen and oxygen atoms in total. The van der Waals surface area contributed by atoms with Crippen LogP contribution in [0, 0.1) is 11.3 Å². The van der Waals surface area contributed by atoms with E-state index < -0.39 is 0 Å². The molecule has 0 spiro atoms. The smallest absolute Gasteiger partial charge is 0.167 e. The van der Waals surface area contributed by atoms with E-state index in [-0.39, 0.29) is 6.04 Å². The van der Waals surface area contributed by atoms with Gasteiger partial charge in [0.15, 0.2) is 5.82 Å². The molecule has 5 heteroatoms. The fourth-order valence-electron chi connectivity index (χ4n) is 0.844. The maximum absolute atomic E-state index is 8.31. The van der Waals surface area contributed by atoms with Gasteiger partial charge >= 0.3 is 0 Å². The van der Waals surface area contributed by atoms with Crippen molar-refractivity contribution >= 4 is 0 Å². The van der Waals surface area contributed by atoms with E-state index in [1.165, 1.54) is 0 Å². The Balaban J connectivity index is 2.54. The first-order valence-corrected chi connectivity index (χ1v) is 3.70. The summed E-state index contributed by atoms with van der Waals surface area (Å²) in [5.41, 5.74) is 0. The summed E-state index contributed by atoms with van der Waals surface area (Å²) in [6.45, 7) is 2.24. The summed E-state index contributed by atoms with van der Waals surface area (Å²) < 4.78 is 1.64. The Kier molecular flexibility index (Phi) is 2.77. The molecule has 0 saturated heterocycles. The number of hydrogen-bond donors (Lipinski definition) is 1. The minimum atomic E-state index is 0.0332. The lowest BCUT2D eigenvalue weighted by Crippen LogP contribution is -2.19. The number of nitriles is 1. The summed E-state index contributed by atoms with van der Waals surface area (Å²) in [7, 11) is 1.81. The van der Waals surface area contributed by atoms with Crippen LogP contribution in [0.1, 0.15) is 18.8 Å². The highest BCUT2D eigenvalue weighted by molar-refractivity contribution is 4.91. The lowest BCUT2D eigenvalue weighted by molar-refractivity contribution is 0.577. The van der Waals surface area contributed by atoms with Crippen LogP contribution in [0.4, 0.5) is 0 Å². The largest absolute Gasteiger partial charge is 0.295 e. The zero-order valence-corrected chi connectivity index (χ0v) is 7.15. The summed E-state index contributed by atoms with van der Waals surface area (Å²) in [4.78, 5) is 4.05. The second-order valence-electron chi connectivity index (χ2n) is 2.54. The standard InChI is InChI=1S/C7H11N5/c1-6(9-4-3-8)7-10-5-12(2)11-7/h5-6,9H,4H2,1-2H3. The molecule has 1 aromatic rings. The summed E-state index contributed by atoms with van der Waals surface area (Å²) in [5.74, 6) is 0.716. The molecule has 1 unspecified atom stereocenters. The Bertz CT molecular complexity index is 284. The molecule has 0 aliphatic heterocycles. The molecule has 0 aliphatic rings. The molecule has 1 rings (SSSR count). The van der Waals surface area contributed by atoms with Crippen LogP contribution >= 0.6 is 0 Å². The van der Waals surface area contributed by atoms with Gasteiger partial charge < -0.3 is 0 Å². The summed E-state index contributed by atoms with van der Waals surface area (Å²) in [5, 5.41) is 15.4. The molecule has 0 radical (unpaired) electrons. The molecule has 1 atom stereocenters. The van der Waals surface area contributed by atoms with Gasteiger partial charge in [0.2, 0.25) is 0 Å². The average Bonchev–Trinajstić information content (AvgIpc) is 2.47. The number of aryl methyl sites for hydroxylation is 1. The third-order valence-corrected chi connectivity index (χ3v) is 1.49. The zero-order valence-electron chi connectivity index (χ0n) is 7.15. The zero-order chi connectivity index (χ0) is 8.97. The van der Waals surface area contributed by atoms with Crippen LogP contribution in [-0.2, 0) is 7.05 Å². The molecule has 0 aliphatic carbocycles. The lowest BCUT2D eigenvalue weighted by atomic mass is 10.3. The van der Waals surface area contributed by atoms with Crippen molar-refractivity contribution in [3.05, 3.63) is 12.2 Å². The fourth-order valence-corrected chi connectivity index (χ4v) is 0.844. The minimum Gasteiger partial charge on any atom is -0.295 e. The normalized spacial score (nSPS) is 12.4. The van der Waals surface area contributed by atoms with Gasteiger partial charge in [0, 0.05) is 7.05 Å². The number of nitrogens with zero attached hydrogens (tertiary/aromatic N) is 4. The molecule has 0 aromatic carbocycles. The van der Waals surface area contributed by atoms with E-state index in [2.05, 4.69) is 15.4 Å². The van der Waals surface area contributed by atoms with Gasteiger partial charge in [0.25, 0.3) is 0 Å². The van der Waals surface area contributed by atoms with Crippen LogP contribution in [0.25, 0.3) is 0 Å². The molecule has 64 valence electrons. The maximum atomic E-state index is 8.31. The second kappa shape index (κ2) is 3.83. The van der Waals surface area contributed by atoms with Crippen molar-refractivity contribution < 1.29 is 0 Å². The van der Waals surface area contributed by atoms with Crippen molar-refractivity contribution in [1.29, 1.82) is 5.26 Å². The average molecular weight is 165 g/mol. The van der Waals surface area contributed by atoms with Gasteiger partial charge in [0.1, 0.15) is 6.33 Å². The molecular weight excluding hydrogens is 154 g/mol. The third kappa shape index (κ3) is 2.04. The first-order valence-electron chi connectivity index (χ1n) is 3.70. The van der Waals surface area contributed by atoms with Crippen LogP contribution in [0.3, 0.4) is 0 Å². The molecule has 1 N–H and O–H groups in total. The molecule has 1 aromatic heterocycles. The van der Waals surface area contributed by atoms with Gasteiger partial charge in [-0.15, -0.1) is 0 Å². The van der Waals surface area contributed by atoms with Gasteiger partial charge in [-0.3, -0.25) is 10.00 Å². The number of rotatable bonds is 3. The highest BCUT2D eigenvalue weighted by atomic mass is 15.3. The van der Waals surface area contributed by atoms with Gasteiger partial charge in [-0.25, -0.2) is 4.98 Å². The molecule has 0 saturated carbocycles. The predicted molar refractivity (Wildman–Crippen MR) is 43.0 cm³/mol. The summed E-state index contributed by atoms with van der Waals surface area (Å²) in [6.07, 6.45) is 1.64. The SMILES string of the molecule is CC(NCC#N)c1ncn(C)n1. The van der Waals surface area contributed by atoms with Gasteiger partial charge in [-0.1, -0.05) is 0 Å². The van der Waals surface area contributed by atoms with Crippen LogP contribution in [0.5, 0.6) is 0 Å². The van der Waals surface area contributed by atoms with Crippen LogP contribution < -0.4 is 5.32 Å². The van der Waals surface area contributed by atoms with Crippen molar-refractivity contribution in [3.8, 4) is 6.07 Å². The number of nitrogens with one attached hydrogen (secondary N) is 1. The van der Waals surface area contributed by atoms with Crippen LogP contribution in [0.2, 0.25) is 0 Å². The van der Waals surface area contributed by atoms with Crippen molar-refractivity contribution in [2.45, 2.75) is 13.0 Å². The Morgan fingerprint density at radius 3 is 3.08 bits per heavy atom. The van der Waals surface area contributed by atoms with E-state index in [4.69, 9.17) is 5.26 Å². The van der Waals surface area contributed by atoms with Crippen LogP contribution in [0.15, 0.2) is 6.33 Å². The van der Waals surface area contributed by atoms with Crippen molar-refractivity contribution in [2.75, 3.05) is 6.54 Å². The highest BCUT2D eigenvalue weighted by Crippen LogP contribution is 2.03. The van der Waals surface area contributed by atoms with E-state index in [9.17, 15) is 0 Å². The third-order valence-electron chi connectivity index (χ3n) is 1.49. The van der Waals surface area contributed by atoms with Gasteiger partial charge in [-0.2, -0.15) is 10.4 Å². The maximum Gasteiger partial charge on any atom is 0.167 e. The predicted octanol–water partition coefficient (Wildman–Crippen LogP) is -0.0107. The molecular formula is C7H11N5. The monoisotopic (exact) mass is 165 g/mol. The Labute approximate surface area is 71.0 Å². The van der Waals surface area contributed by atoms with E-state index in [1.807, 2.05) is 20.0 Å². The fraction of sp³-hybridized carbons (Fsp3) is 0.571. The Morgan fingerprint density at radius 1 is 1.83 bits per heavy atom. The lowest BCUT2D eigenvalue weighted by Gasteiger charge is -2.05. The Hall–Kier alpha value is -1.41. The highest BCUT2D eigenvalue weighted by Gasteiger charge is 2.07. The number of aromatic nitrogens is 3. The summed E-state index contributed by atoms with van der Waals surface area (Å²) in [6, 6.07) is 2.03. The van der Waals surface area contributed by atoms with Gasteiger partial charge in [-0.05, 0) is 6.92 Å². The summed E-state index contributed by atoms with van der Waals surface area (Å²) >= 11 is 0. The first kappa shape index (κ1) is 8.68. The second-order valence-corrected chi connectivity index (χ2v) is 2.54. The van der Waals surface area contributed by atoms with Crippen LogP contribution in [-0.4, -0.2) is 21.3 Å². The van der Waals surface area contributed by atoms with E-state index >= 15 is 0 Å². The van der Waals surface area contributed by atoms with Crippen molar-refractivity contribution in [1.82, 2.24) is 20.1 Å². The quantitative estimate of drug-likeness (QED) is 0.640.